The summed E-state index contributed by atoms with van der Waals surface area (Å²) in [6, 6.07) is 14.8. The number of hydrogen-bond donors (Lipinski definition) is 1. The number of ketones is 1. The van der Waals surface area contributed by atoms with E-state index >= 15 is 4.79 Å². The maximum absolute atomic E-state index is 15.2. The molecule has 8 rings (SSSR count). The number of Topliss-reactive ketones (excluding diaryl/α,β-unsaturated/α-hetero) is 1. The summed E-state index contributed by atoms with van der Waals surface area (Å²) < 4.78 is 52.2. The van der Waals surface area contributed by atoms with Gasteiger partial charge in [0.05, 0.1) is 61.6 Å². The normalized spacial score (nSPS) is 28.3. The molecule has 0 radical (unpaired) electrons. The summed E-state index contributed by atoms with van der Waals surface area (Å²) in [6.45, 7) is 12.5. The molecule has 2 amide bonds. The molecule has 4 heterocycles. The summed E-state index contributed by atoms with van der Waals surface area (Å²) in [5.41, 5.74) is 0.577. The zero-order valence-electron chi connectivity index (χ0n) is 38.5. The lowest BCUT2D eigenvalue weighted by Gasteiger charge is -2.32. The number of aromatic nitrogens is 1. The molecule has 0 unspecified atom stereocenters. The van der Waals surface area contributed by atoms with Gasteiger partial charge in [-0.25, -0.2) is 13.4 Å². The Balaban J connectivity index is 1.14. The molecule has 2 aliphatic carbocycles. The van der Waals surface area contributed by atoms with E-state index in [0.717, 1.165) is 36.1 Å². The minimum absolute atomic E-state index is 0.0265. The van der Waals surface area contributed by atoms with E-state index in [1.807, 2.05) is 55.5 Å². The molecule has 1 aromatic heterocycles. The van der Waals surface area contributed by atoms with E-state index in [0.29, 0.717) is 68.0 Å². The van der Waals surface area contributed by atoms with Gasteiger partial charge in [0.2, 0.25) is 27.7 Å². The highest BCUT2D eigenvalue weighted by Crippen LogP contribution is 2.57. The number of methoxy groups -OCH3 is 1. The van der Waals surface area contributed by atoms with Crippen molar-refractivity contribution in [3.8, 4) is 22.9 Å². The fourth-order valence-electron chi connectivity index (χ4n) is 9.94. The van der Waals surface area contributed by atoms with Gasteiger partial charge in [-0.15, -0.1) is 0 Å². The molecule has 7 atom stereocenters. The molecular formula is C50H64N4O10S. The number of carbonyl (C=O) groups is 4. The third-order valence-electron chi connectivity index (χ3n) is 13.8. The lowest BCUT2D eigenvalue weighted by atomic mass is 9.82. The van der Waals surface area contributed by atoms with Crippen molar-refractivity contribution in [2.45, 2.75) is 115 Å². The number of pyridine rings is 1. The van der Waals surface area contributed by atoms with Crippen molar-refractivity contribution < 1.29 is 46.5 Å². The molecule has 3 aromatic rings. The van der Waals surface area contributed by atoms with Crippen LogP contribution in [-0.2, 0) is 38.7 Å². The van der Waals surface area contributed by atoms with Crippen molar-refractivity contribution in [3.05, 3.63) is 60.7 Å². The summed E-state index contributed by atoms with van der Waals surface area (Å²) in [7, 11) is -2.28. The first-order chi connectivity index (χ1) is 30.9. The highest BCUT2D eigenvalue weighted by molar-refractivity contribution is 7.90. The Morgan fingerprint density at radius 1 is 0.985 bits per heavy atom. The van der Waals surface area contributed by atoms with Gasteiger partial charge in [-0.05, 0) is 119 Å². The zero-order valence-corrected chi connectivity index (χ0v) is 39.4. The average molecular weight is 913 g/mol. The number of nitrogens with one attached hydrogen (secondary N) is 1. The lowest BCUT2D eigenvalue weighted by Crippen LogP contribution is -2.47. The molecule has 2 aromatic carbocycles. The van der Waals surface area contributed by atoms with Gasteiger partial charge in [0, 0.05) is 42.6 Å². The molecule has 0 spiro atoms. The average Bonchev–Trinajstić information content (AvgIpc) is 4.20. The highest BCUT2D eigenvalue weighted by atomic mass is 32.2. The first-order valence-corrected chi connectivity index (χ1v) is 24.8. The standard InChI is InChI=1S/C50H64N4O10S/c1-31-9-7-8-10-35-28-50(35,48(58)52-65(59,60)39-16-17-39)29-44(55)43-26-38(30-54(43)47(57)41(32(2)23-31)27-45(56)64-49(3,4)5)63-46-40-18-15-37(61-6)24-34(40)25-42(51-46)33-11-13-36(14-12-33)53-19-21-62-22-20-53/h8,10-15,18,24-25,31-32,35,38-39,41,43H,7,9,16-17,19-23,26-30H2,1-6H3,(H,52,58)/b10-8-/t31-,32+,35+,38+,41-,43-,50+/m0/s1. The van der Waals surface area contributed by atoms with Crippen molar-refractivity contribution in [2.24, 2.45) is 29.1 Å². The quantitative estimate of drug-likeness (QED) is 0.163. The van der Waals surface area contributed by atoms with E-state index in [9.17, 15) is 22.8 Å². The van der Waals surface area contributed by atoms with Crippen LogP contribution in [-0.4, -0.2) is 105 Å². The second kappa shape index (κ2) is 18.7. The predicted octanol–water partition coefficient (Wildman–Crippen LogP) is 7.03. The smallest absolute Gasteiger partial charge is 0.307 e. The topological polar surface area (TPSA) is 171 Å². The largest absolute Gasteiger partial charge is 0.497 e. The molecule has 2 saturated heterocycles. The Kier molecular flexibility index (Phi) is 13.4. The number of anilines is 1. The van der Waals surface area contributed by atoms with Crippen LogP contribution in [0.3, 0.4) is 0 Å². The van der Waals surface area contributed by atoms with Gasteiger partial charge in [0.25, 0.3) is 0 Å². The molecule has 1 N–H and O–H groups in total. The number of hydrogen-bond acceptors (Lipinski definition) is 12. The number of ether oxygens (including phenoxy) is 4. The van der Waals surface area contributed by atoms with Crippen LogP contribution in [0.5, 0.6) is 11.6 Å². The Labute approximate surface area is 382 Å². The van der Waals surface area contributed by atoms with Crippen LogP contribution in [0.15, 0.2) is 60.7 Å². The Morgan fingerprint density at radius 3 is 2.42 bits per heavy atom. The van der Waals surface area contributed by atoms with Gasteiger partial charge < -0.3 is 28.7 Å². The van der Waals surface area contributed by atoms with E-state index in [2.05, 4.69) is 28.7 Å². The molecule has 0 bridgehead atoms. The number of benzene rings is 2. The van der Waals surface area contributed by atoms with E-state index in [1.165, 1.54) is 0 Å². The van der Waals surface area contributed by atoms with E-state index in [4.69, 9.17) is 23.9 Å². The fourth-order valence-corrected chi connectivity index (χ4v) is 11.3. The number of nitrogens with zero attached hydrogens (tertiary/aromatic N) is 3. The maximum atomic E-state index is 15.2. The van der Waals surface area contributed by atoms with Gasteiger partial charge in [-0.2, -0.15) is 0 Å². The van der Waals surface area contributed by atoms with E-state index in [-0.39, 0.29) is 55.3 Å². The second-order valence-corrected chi connectivity index (χ2v) is 22.0. The van der Waals surface area contributed by atoms with Gasteiger partial charge in [-0.1, -0.05) is 38.1 Å². The minimum Gasteiger partial charge on any atom is -0.497 e. The molecule has 350 valence electrons. The predicted molar refractivity (Wildman–Crippen MR) is 247 cm³/mol. The SMILES string of the molecule is COc1ccc2c(O[C@@H]3C[C@H]4C(=O)C[C@]5(C(=O)NS(=O)(=O)C6CC6)C[C@H]5/C=C\CC[C@H](C)C[C@@H](C)[C@H](CC(=O)OC(C)(C)C)C(=O)N4C3)nc(-c3ccc(N4CCOCC4)cc3)cc2c1. The van der Waals surface area contributed by atoms with Crippen LogP contribution in [0.2, 0.25) is 0 Å². The van der Waals surface area contributed by atoms with Gasteiger partial charge in [-0.3, -0.25) is 23.9 Å². The van der Waals surface area contributed by atoms with Gasteiger partial charge >= 0.3 is 5.97 Å². The molecule has 5 aliphatic rings. The number of allylic oxidation sites excluding steroid dienone is 2. The third kappa shape index (κ3) is 10.7. The number of esters is 1. The summed E-state index contributed by atoms with van der Waals surface area (Å²) in [4.78, 5) is 66.5. The molecule has 15 heteroatoms. The zero-order chi connectivity index (χ0) is 46.3. The van der Waals surface area contributed by atoms with Crippen LogP contribution < -0.4 is 19.1 Å². The number of amides is 2. The first-order valence-electron chi connectivity index (χ1n) is 23.3. The van der Waals surface area contributed by atoms with Crippen LogP contribution in [0.4, 0.5) is 5.69 Å². The molecule has 2 saturated carbocycles. The summed E-state index contributed by atoms with van der Waals surface area (Å²) >= 11 is 0. The Bertz CT molecular complexity index is 2420. The summed E-state index contributed by atoms with van der Waals surface area (Å²) in [6.07, 6.45) is 6.43. The van der Waals surface area contributed by atoms with E-state index in [1.54, 1.807) is 32.8 Å². The summed E-state index contributed by atoms with van der Waals surface area (Å²) in [5.74, 6) is -2.09. The molecule has 14 nitrogen and oxygen atoms in total. The number of fused-ring (bicyclic) bond motifs is 3. The van der Waals surface area contributed by atoms with Gasteiger partial charge in [0.1, 0.15) is 17.5 Å². The van der Waals surface area contributed by atoms with Crippen LogP contribution >= 0.6 is 0 Å². The van der Waals surface area contributed by atoms with Crippen molar-refractivity contribution in [1.29, 1.82) is 0 Å². The van der Waals surface area contributed by atoms with Crippen molar-refractivity contribution >= 4 is 50.1 Å². The number of rotatable bonds is 10. The highest BCUT2D eigenvalue weighted by Gasteiger charge is 2.61. The third-order valence-corrected chi connectivity index (χ3v) is 15.6. The minimum atomic E-state index is -3.88. The first kappa shape index (κ1) is 46.5. The number of morpholine rings is 1. The molecule has 65 heavy (non-hydrogen) atoms. The van der Waals surface area contributed by atoms with Crippen LogP contribution in [0.25, 0.3) is 22.0 Å². The monoisotopic (exact) mass is 912 g/mol. The molecule has 3 aliphatic heterocycles. The van der Waals surface area contributed by atoms with Crippen molar-refractivity contribution in [3.63, 3.8) is 0 Å². The summed E-state index contributed by atoms with van der Waals surface area (Å²) in [5, 5.41) is 0.926. The lowest BCUT2D eigenvalue weighted by molar-refractivity contribution is -0.160. The van der Waals surface area contributed by atoms with E-state index < -0.39 is 56.2 Å². The van der Waals surface area contributed by atoms with Crippen LogP contribution in [0, 0.1) is 29.1 Å². The molecule has 4 fully saturated rings. The maximum Gasteiger partial charge on any atom is 0.307 e. The van der Waals surface area contributed by atoms with Crippen molar-refractivity contribution in [1.82, 2.24) is 14.6 Å². The Hall–Kier alpha value is -5.02. The molecular weight excluding hydrogens is 849 g/mol. The van der Waals surface area contributed by atoms with Gasteiger partial charge in [0.15, 0.2) is 5.78 Å². The second-order valence-electron chi connectivity index (χ2n) is 20.0. The number of sulfonamides is 1. The number of carbonyl (C=O) groups excluding carboxylic acids is 4. The van der Waals surface area contributed by atoms with Crippen molar-refractivity contribution in [2.75, 3.05) is 44.9 Å². The van der Waals surface area contributed by atoms with Crippen LogP contribution in [0.1, 0.15) is 92.4 Å². The Morgan fingerprint density at radius 2 is 1.72 bits per heavy atom. The fraction of sp³-hybridized carbons (Fsp3) is 0.580.